The second-order valence-corrected chi connectivity index (χ2v) is 4.96. The summed E-state index contributed by atoms with van der Waals surface area (Å²) >= 11 is 6.15. The van der Waals surface area contributed by atoms with Gasteiger partial charge < -0.3 is 19.5 Å². The van der Waals surface area contributed by atoms with Crippen molar-refractivity contribution in [3.63, 3.8) is 0 Å². The molecule has 1 N–H and O–H groups in total. The number of aliphatic carboxylic acids is 1. The maximum absolute atomic E-state index is 11.5. The number of nitrogens with zero attached hydrogens (tertiary/aromatic N) is 1. The van der Waals surface area contributed by atoms with Crippen LogP contribution in [0.2, 0.25) is 5.02 Å². The van der Waals surface area contributed by atoms with Crippen LogP contribution in [0.1, 0.15) is 24.9 Å². The van der Waals surface area contributed by atoms with Crippen molar-refractivity contribution >= 4 is 24.0 Å². The molecule has 1 aliphatic rings. The number of likely N-dealkylation sites (N-methyl/N-ethyl adjacent to an activating group) is 1. The molecule has 114 valence electrons. The Morgan fingerprint density at radius 1 is 1.48 bits per heavy atom. The van der Waals surface area contributed by atoms with E-state index < -0.39 is 12.0 Å². The van der Waals surface area contributed by atoms with Gasteiger partial charge in [0.15, 0.2) is 17.5 Å². The fourth-order valence-corrected chi connectivity index (χ4v) is 2.48. The number of carbonyl (C=O) groups is 2. The average molecular weight is 314 g/mol. The van der Waals surface area contributed by atoms with Crippen molar-refractivity contribution in [3.8, 4) is 11.5 Å². The van der Waals surface area contributed by atoms with Gasteiger partial charge in [-0.1, -0.05) is 11.6 Å². The largest absolute Gasteiger partial charge is 0.489 e. The maximum atomic E-state index is 11.5. The number of fused-ring (bicyclic) bond motifs is 1. The smallest absolute Gasteiger partial charge is 0.331 e. The number of hydrogen-bond donors (Lipinski definition) is 1. The molecule has 1 aromatic rings. The van der Waals surface area contributed by atoms with E-state index in [9.17, 15) is 14.7 Å². The highest BCUT2D eigenvalue weighted by Gasteiger charge is 2.28. The number of hydrogen-bond acceptors (Lipinski definition) is 4. The summed E-state index contributed by atoms with van der Waals surface area (Å²) < 4.78 is 11.0. The molecule has 1 aromatic carbocycles. The van der Waals surface area contributed by atoms with Crippen LogP contribution in [-0.4, -0.2) is 42.1 Å². The molecule has 0 aliphatic carbocycles. The number of amides is 1. The van der Waals surface area contributed by atoms with Gasteiger partial charge in [0.25, 0.3) is 0 Å². The third-order valence-electron chi connectivity index (χ3n) is 3.21. The zero-order valence-electron chi connectivity index (χ0n) is 11.5. The molecule has 0 bridgehead atoms. The number of carboxylic acids is 1. The highest BCUT2D eigenvalue weighted by atomic mass is 35.5. The molecular formula is C14H16ClNO5. The Kier molecular flexibility index (Phi) is 4.90. The summed E-state index contributed by atoms with van der Waals surface area (Å²) in [6.45, 7) is 2.93. The van der Waals surface area contributed by atoms with Gasteiger partial charge in [0, 0.05) is 13.0 Å². The van der Waals surface area contributed by atoms with Gasteiger partial charge in [-0.15, -0.1) is 0 Å². The number of carboxylic acid groups (broad SMARTS) is 1. The van der Waals surface area contributed by atoms with E-state index in [0.29, 0.717) is 36.7 Å². The van der Waals surface area contributed by atoms with Crippen LogP contribution in [0, 0.1) is 0 Å². The number of carbonyl (C=O) groups excluding carboxylic acids is 1. The van der Waals surface area contributed by atoms with Gasteiger partial charge in [0.05, 0.1) is 18.2 Å². The van der Waals surface area contributed by atoms with Crippen molar-refractivity contribution in [2.45, 2.75) is 19.4 Å². The summed E-state index contributed by atoms with van der Waals surface area (Å²) in [6, 6.07) is 1.96. The summed E-state index contributed by atoms with van der Waals surface area (Å²) in [6.07, 6.45) is 1.23. The average Bonchev–Trinajstić information content (AvgIpc) is 2.69. The Balaban J connectivity index is 2.46. The molecule has 2 rings (SSSR count). The first kappa shape index (κ1) is 15.4. The molecule has 1 atom stereocenters. The van der Waals surface area contributed by atoms with Gasteiger partial charge in [-0.3, -0.25) is 4.79 Å². The van der Waals surface area contributed by atoms with Crippen LogP contribution in [-0.2, 0) is 9.59 Å². The SMILES string of the molecule is CCN(C=O)C(C(=O)O)c1cc(Cl)c2c(c1)OCCCO2. The van der Waals surface area contributed by atoms with Crippen molar-refractivity contribution in [1.82, 2.24) is 4.90 Å². The van der Waals surface area contributed by atoms with E-state index >= 15 is 0 Å². The second-order valence-electron chi connectivity index (χ2n) is 4.56. The summed E-state index contributed by atoms with van der Waals surface area (Å²) in [5, 5.41) is 9.67. The first-order valence-corrected chi connectivity index (χ1v) is 6.99. The molecule has 1 heterocycles. The minimum atomic E-state index is -1.13. The molecule has 0 fully saturated rings. The lowest BCUT2D eigenvalue weighted by molar-refractivity contribution is -0.146. The molecule has 7 heteroatoms. The van der Waals surface area contributed by atoms with E-state index in [-0.39, 0.29) is 11.6 Å². The monoisotopic (exact) mass is 313 g/mol. The minimum Gasteiger partial charge on any atom is -0.489 e. The minimum absolute atomic E-state index is 0.270. The van der Waals surface area contributed by atoms with Gasteiger partial charge in [-0.05, 0) is 24.6 Å². The van der Waals surface area contributed by atoms with Crippen LogP contribution in [0.3, 0.4) is 0 Å². The number of halogens is 1. The fourth-order valence-electron chi connectivity index (χ4n) is 2.20. The predicted octanol–water partition coefficient (Wildman–Crippen LogP) is 2.11. The van der Waals surface area contributed by atoms with E-state index in [2.05, 4.69) is 0 Å². The molecule has 0 aromatic heterocycles. The first-order valence-electron chi connectivity index (χ1n) is 6.61. The number of benzene rings is 1. The Labute approximate surface area is 127 Å². The standard InChI is InChI=1S/C14H16ClNO5/c1-2-16(8-17)12(14(18)19)9-6-10(15)13-11(7-9)20-4-3-5-21-13/h6-8,12H,2-5H2,1H3,(H,18,19). The number of rotatable bonds is 5. The zero-order chi connectivity index (χ0) is 15.4. The van der Waals surface area contributed by atoms with Gasteiger partial charge in [0.1, 0.15) is 0 Å². The van der Waals surface area contributed by atoms with Gasteiger partial charge >= 0.3 is 5.97 Å². The highest BCUT2D eigenvalue weighted by Crippen LogP contribution is 2.40. The Hall–Kier alpha value is -1.95. The molecule has 0 spiro atoms. The summed E-state index contributed by atoms with van der Waals surface area (Å²) in [5.41, 5.74) is 0.380. The van der Waals surface area contributed by atoms with Crippen molar-refractivity contribution < 1.29 is 24.2 Å². The van der Waals surface area contributed by atoms with Crippen molar-refractivity contribution in [2.75, 3.05) is 19.8 Å². The van der Waals surface area contributed by atoms with Crippen LogP contribution in [0.25, 0.3) is 0 Å². The van der Waals surface area contributed by atoms with Gasteiger partial charge in [-0.2, -0.15) is 0 Å². The number of ether oxygens (including phenoxy) is 2. The molecule has 0 saturated carbocycles. The molecular weight excluding hydrogens is 298 g/mol. The van der Waals surface area contributed by atoms with Crippen molar-refractivity contribution in [3.05, 3.63) is 22.7 Å². The van der Waals surface area contributed by atoms with Crippen molar-refractivity contribution in [1.29, 1.82) is 0 Å². The first-order chi connectivity index (χ1) is 10.1. The maximum Gasteiger partial charge on any atom is 0.331 e. The topological polar surface area (TPSA) is 76.1 Å². The summed E-state index contributed by atoms with van der Waals surface area (Å²) in [5.74, 6) is -0.311. The second kappa shape index (κ2) is 6.67. The molecule has 21 heavy (non-hydrogen) atoms. The van der Waals surface area contributed by atoms with Crippen LogP contribution < -0.4 is 9.47 Å². The van der Waals surface area contributed by atoms with Crippen LogP contribution in [0.5, 0.6) is 11.5 Å². The fraction of sp³-hybridized carbons (Fsp3) is 0.429. The molecule has 0 saturated heterocycles. The van der Waals surface area contributed by atoms with E-state index in [1.165, 1.54) is 11.0 Å². The van der Waals surface area contributed by atoms with Gasteiger partial charge in [-0.25, -0.2) is 4.79 Å². The lowest BCUT2D eigenvalue weighted by atomic mass is 10.0. The molecule has 6 nitrogen and oxygen atoms in total. The summed E-state index contributed by atoms with van der Waals surface area (Å²) in [4.78, 5) is 23.7. The van der Waals surface area contributed by atoms with E-state index in [1.54, 1.807) is 13.0 Å². The summed E-state index contributed by atoms with van der Waals surface area (Å²) in [7, 11) is 0. The molecule has 1 amide bonds. The zero-order valence-corrected chi connectivity index (χ0v) is 12.3. The van der Waals surface area contributed by atoms with Crippen LogP contribution in [0.15, 0.2) is 12.1 Å². The Morgan fingerprint density at radius 3 is 2.81 bits per heavy atom. The van der Waals surface area contributed by atoms with E-state index in [4.69, 9.17) is 21.1 Å². The van der Waals surface area contributed by atoms with Gasteiger partial charge in [0.2, 0.25) is 6.41 Å². The Morgan fingerprint density at radius 2 is 2.19 bits per heavy atom. The molecule has 0 radical (unpaired) electrons. The lowest BCUT2D eigenvalue weighted by Gasteiger charge is -2.24. The normalized spacial score (nSPS) is 15.0. The van der Waals surface area contributed by atoms with Crippen LogP contribution in [0.4, 0.5) is 0 Å². The van der Waals surface area contributed by atoms with Crippen molar-refractivity contribution in [2.24, 2.45) is 0 Å². The third kappa shape index (κ3) is 3.21. The highest BCUT2D eigenvalue weighted by molar-refractivity contribution is 6.32. The quantitative estimate of drug-likeness (QED) is 0.843. The predicted molar refractivity (Wildman–Crippen MR) is 75.9 cm³/mol. The Bertz CT molecular complexity index is 548. The van der Waals surface area contributed by atoms with E-state index in [1.807, 2.05) is 0 Å². The molecule has 1 aliphatic heterocycles. The lowest BCUT2D eigenvalue weighted by Crippen LogP contribution is -2.33. The van der Waals surface area contributed by atoms with Crippen LogP contribution >= 0.6 is 11.6 Å². The molecule has 1 unspecified atom stereocenters. The third-order valence-corrected chi connectivity index (χ3v) is 3.49. The van der Waals surface area contributed by atoms with E-state index in [0.717, 1.165) is 6.42 Å².